The Morgan fingerprint density at radius 2 is 1.62 bits per heavy atom. The Morgan fingerprint density at radius 3 is 2.38 bits per heavy atom. The SMILES string of the molecule is S=C1NC2=C(CCC/C2=C/c2ccccc2)[C@H](c2ccccc2)N1. The zero-order valence-electron chi connectivity index (χ0n) is 13.5. The van der Waals surface area contributed by atoms with E-state index >= 15 is 0 Å². The van der Waals surface area contributed by atoms with E-state index in [0.717, 1.165) is 12.8 Å². The van der Waals surface area contributed by atoms with Crippen LogP contribution in [0.4, 0.5) is 0 Å². The van der Waals surface area contributed by atoms with E-state index < -0.39 is 0 Å². The molecule has 2 nitrogen and oxygen atoms in total. The molecule has 1 atom stereocenters. The molecule has 0 aromatic heterocycles. The lowest BCUT2D eigenvalue weighted by Gasteiger charge is -2.36. The summed E-state index contributed by atoms with van der Waals surface area (Å²) in [6.45, 7) is 0. The molecule has 4 rings (SSSR count). The highest BCUT2D eigenvalue weighted by Gasteiger charge is 2.30. The number of nitrogens with one attached hydrogen (secondary N) is 2. The Hall–Kier alpha value is -2.39. The molecule has 1 heterocycles. The highest BCUT2D eigenvalue weighted by atomic mass is 32.1. The second kappa shape index (κ2) is 6.62. The second-order valence-electron chi connectivity index (χ2n) is 6.28. The molecule has 2 aliphatic rings. The Labute approximate surface area is 148 Å². The smallest absolute Gasteiger partial charge is 0.171 e. The molecule has 0 unspecified atom stereocenters. The van der Waals surface area contributed by atoms with Crippen molar-refractivity contribution < 1.29 is 0 Å². The molecule has 0 fully saturated rings. The van der Waals surface area contributed by atoms with Gasteiger partial charge in [0.1, 0.15) is 0 Å². The maximum atomic E-state index is 5.49. The highest BCUT2D eigenvalue weighted by Crippen LogP contribution is 2.38. The van der Waals surface area contributed by atoms with Crippen LogP contribution in [0.1, 0.15) is 36.4 Å². The Morgan fingerprint density at radius 1 is 0.917 bits per heavy atom. The molecule has 0 saturated carbocycles. The summed E-state index contributed by atoms with van der Waals surface area (Å²) in [7, 11) is 0. The molecule has 2 aromatic carbocycles. The fourth-order valence-electron chi connectivity index (χ4n) is 3.57. The zero-order chi connectivity index (χ0) is 16.4. The van der Waals surface area contributed by atoms with Crippen LogP contribution in [0, 0.1) is 0 Å². The lowest BCUT2D eigenvalue weighted by atomic mass is 9.83. The van der Waals surface area contributed by atoms with E-state index in [0.29, 0.717) is 5.11 Å². The first-order valence-corrected chi connectivity index (χ1v) is 8.83. The minimum atomic E-state index is 0.175. The number of allylic oxidation sites excluding steroid dienone is 1. The van der Waals surface area contributed by atoms with Crippen LogP contribution in [0.25, 0.3) is 6.08 Å². The maximum Gasteiger partial charge on any atom is 0.171 e. The molecular weight excluding hydrogens is 312 g/mol. The van der Waals surface area contributed by atoms with Gasteiger partial charge in [-0.25, -0.2) is 0 Å². The topological polar surface area (TPSA) is 24.1 Å². The first kappa shape index (κ1) is 15.2. The van der Waals surface area contributed by atoms with Gasteiger partial charge in [0.05, 0.1) is 6.04 Å². The molecule has 0 spiro atoms. The van der Waals surface area contributed by atoms with Gasteiger partial charge in [0.2, 0.25) is 0 Å². The Kier molecular flexibility index (Phi) is 4.18. The molecule has 2 N–H and O–H groups in total. The van der Waals surface area contributed by atoms with Crippen LogP contribution < -0.4 is 10.6 Å². The predicted octanol–water partition coefficient (Wildman–Crippen LogP) is 4.73. The summed E-state index contributed by atoms with van der Waals surface area (Å²) in [5, 5.41) is 7.58. The van der Waals surface area contributed by atoms with Crippen LogP contribution in [-0.2, 0) is 0 Å². The number of hydrogen-bond donors (Lipinski definition) is 2. The summed E-state index contributed by atoms with van der Waals surface area (Å²) in [6.07, 6.45) is 5.66. The molecule has 1 aliphatic carbocycles. The molecule has 2 aromatic rings. The van der Waals surface area contributed by atoms with Crippen molar-refractivity contribution >= 4 is 23.4 Å². The van der Waals surface area contributed by atoms with Gasteiger partial charge in [0, 0.05) is 5.70 Å². The summed E-state index contributed by atoms with van der Waals surface area (Å²) in [5.74, 6) is 0. The lowest BCUT2D eigenvalue weighted by molar-refractivity contribution is 0.609. The van der Waals surface area contributed by atoms with Crippen LogP contribution >= 0.6 is 12.2 Å². The molecular formula is C21H20N2S. The van der Waals surface area contributed by atoms with Crippen molar-refractivity contribution in [3.05, 3.63) is 88.6 Å². The average Bonchev–Trinajstić information content (AvgIpc) is 2.63. The van der Waals surface area contributed by atoms with E-state index in [1.54, 1.807) is 0 Å². The van der Waals surface area contributed by atoms with E-state index in [4.69, 9.17) is 12.2 Å². The molecule has 3 heteroatoms. The minimum Gasteiger partial charge on any atom is -0.352 e. The number of hydrogen-bond acceptors (Lipinski definition) is 1. The van der Waals surface area contributed by atoms with Crippen molar-refractivity contribution in [1.82, 2.24) is 10.6 Å². The van der Waals surface area contributed by atoms with Crippen molar-refractivity contribution in [3.63, 3.8) is 0 Å². The van der Waals surface area contributed by atoms with Gasteiger partial charge < -0.3 is 10.6 Å². The Balaban J connectivity index is 1.77. The third-order valence-corrected chi connectivity index (χ3v) is 4.89. The van der Waals surface area contributed by atoms with E-state index in [2.05, 4.69) is 77.4 Å². The molecule has 0 amide bonds. The lowest BCUT2D eigenvalue weighted by Crippen LogP contribution is -2.45. The Bertz CT molecular complexity index is 806. The average molecular weight is 332 g/mol. The van der Waals surface area contributed by atoms with Crippen molar-refractivity contribution in [2.45, 2.75) is 25.3 Å². The molecule has 0 bridgehead atoms. The predicted molar refractivity (Wildman–Crippen MR) is 103 cm³/mol. The largest absolute Gasteiger partial charge is 0.352 e. The molecule has 0 radical (unpaired) electrons. The maximum absolute atomic E-state index is 5.49. The van der Waals surface area contributed by atoms with E-state index in [1.165, 1.54) is 34.4 Å². The third kappa shape index (κ3) is 3.00. The normalized spacial score (nSPS) is 21.9. The van der Waals surface area contributed by atoms with E-state index in [9.17, 15) is 0 Å². The third-order valence-electron chi connectivity index (χ3n) is 4.67. The van der Waals surface area contributed by atoms with Crippen molar-refractivity contribution in [3.8, 4) is 0 Å². The van der Waals surface area contributed by atoms with E-state index in [1.807, 2.05) is 0 Å². The number of thiocarbonyl (C=S) groups is 1. The fraction of sp³-hybridized carbons (Fsp3) is 0.190. The van der Waals surface area contributed by atoms with Gasteiger partial charge in [-0.2, -0.15) is 0 Å². The first-order valence-electron chi connectivity index (χ1n) is 8.43. The standard InChI is InChI=1S/C21H20N2S/c24-21-22-19(16-10-5-2-6-11-16)18-13-7-12-17(20(18)23-21)14-15-8-3-1-4-9-15/h1-6,8-11,14,19H,7,12-13H2,(H2,22,23,24)/b17-14-/t19-/m0/s1. The second-order valence-corrected chi connectivity index (χ2v) is 6.68. The summed E-state index contributed by atoms with van der Waals surface area (Å²) < 4.78 is 0. The van der Waals surface area contributed by atoms with Crippen molar-refractivity contribution in [2.75, 3.05) is 0 Å². The van der Waals surface area contributed by atoms with Crippen molar-refractivity contribution in [1.29, 1.82) is 0 Å². The van der Waals surface area contributed by atoms with Crippen LogP contribution in [0.5, 0.6) is 0 Å². The monoisotopic (exact) mass is 332 g/mol. The summed E-state index contributed by atoms with van der Waals surface area (Å²) in [6, 6.07) is 21.3. The van der Waals surface area contributed by atoms with Gasteiger partial charge in [-0.05, 0) is 59.8 Å². The minimum absolute atomic E-state index is 0.175. The molecule has 24 heavy (non-hydrogen) atoms. The van der Waals surface area contributed by atoms with Gasteiger partial charge >= 0.3 is 0 Å². The van der Waals surface area contributed by atoms with Gasteiger partial charge in [-0.3, -0.25) is 0 Å². The highest BCUT2D eigenvalue weighted by molar-refractivity contribution is 7.80. The van der Waals surface area contributed by atoms with Crippen LogP contribution in [-0.4, -0.2) is 5.11 Å². The number of rotatable bonds is 2. The van der Waals surface area contributed by atoms with Crippen molar-refractivity contribution in [2.24, 2.45) is 0 Å². The van der Waals surface area contributed by atoms with Gasteiger partial charge in [-0.1, -0.05) is 60.7 Å². The molecule has 0 saturated heterocycles. The summed E-state index contributed by atoms with van der Waals surface area (Å²) in [5.41, 5.74) is 6.51. The first-order chi connectivity index (χ1) is 11.8. The van der Waals surface area contributed by atoms with Gasteiger partial charge in [0.25, 0.3) is 0 Å². The summed E-state index contributed by atoms with van der Waals surface area (Å²) >= 11 is 5.49. The van der Waals surface area contributed by atoms with Gasteiger partial charge in [0.15, 0.2) is 5.11 Å². The zero-order valence-corrected chi connectivity index (χ0v) is 14.3. The summed E-state index contributed by atoms with van der Waals surface area (Å²) in [4.78, 5) is 0. The van der Waals surface area contributed by atoms with Crippen LogP contribution in [0.15, 0.2) is 77.5 Å². The van der Waals surface area contributed by atoms with Crippen LogP contribution in [0.3, 0.4) is 0 Å². The van der Waals surface area contributed by atoms with E-state index in [-0.39, 0.29) is 6.04 Å². The fourth-order valence-corrected chi connectivity index (χ4v) is 3.79. The number of benzene rings is 2. The van der Waals surface area contributed by atoms with Gasteiger partial charge in [-0.15, -0.1) is 0 Å². The molecule has 120 valence electrons. The van der Waals surface area contributed by atoms with Crippen LogP contribution in [0.2, 0.25) is 0 Å². The quantitative estimate of drug-likeness (QED) is 0.778. The molecule has 1 aliphatic heterocycles.